The Morgan fingerprint density at radius 2 is 2.06 bits per heavy atom. The van der Waals surface area contributed by atoms with Gasteiger partial charge in [-0.3, -0.25) is 4.79 Å². The van der Waals surface area contributed by atoms with Crippen LogP contribution in [0.3, 0.4) is 0 Å². The zero-order valence-electron chi connectivity index (χ0n) is 10.1. The number of nitrogens with two attached hydrogens (primary N) is 1. The monoisotopic (exact) mass is 236 g/mol. The second kappa shape index (κ2) is 5.34. The number of benzene rings is 1. The minimum absolute atomic E-state index is 0.114. The summed E-state index contributed by atoms with van der Waals surface area (Å²) in [5.41, 5.74) is 7.18. The van der Waals surface area contributed by atoms with Crippen molar-refractivity contribution < 1.29 is 14.3 Å². The van der Waals surface area contributed by atoms with Crippen LogP contribution in [0.2, 0.25) is 0 Å². The van der Waals surface area contributed by atoms with Gasteiger partial charge in [0.05, 0.1) is 7.11 Å². The third kappa shape index (κ3) is 3.21. The summed E-state index contributed by atoms with van der Waals surface area (Å²) in [5, 5.41) is 2.93. The summed E-state index contributed by atoms with van der Waals surface area (Å²) in [5.74, 6) is -0.483. The van der Waals surface area contributed by atoms with Gasteiger partial charge in [0.25, 0.3) is 0 Å². The van der Waals surface area contributed by atoms with Gasteiger partial charge in [0.1, 0.15) is 6.04 Å². The fourth-order valence-corrected chi connectivity index (χ4v) is 1.44. The second-order valence-electron chi connectivity index (χ2n) is 3.75. The Bertz CT molecular complexity index is 443. The molecule has 0 heterocycles. The zero-order valence-corrected chi connectivity index (χ0v) is 10.1. The number of carbonyl (C=O) groups excluding carboxylic acids is 2. The molecule has 1 rings (SSSR count). The first-order valence-electron chi connectivity index (χ1n) is 5.20. The first kappa shape index (κ1) is 13.0. The topological polar surface area (TPSA) is 81.4 Å². The number of ether oxygens (including phenoxy) is 1. The van der Waals surface area contributed by atoms with Crippen LogP contribution in [0, 0.1) is 0 Å². The lowest BCUT2D eigenvalue weighted by molar-refractivity contribution is -0.141. The first-order valence-corrected chi connectivity index (χ1v) is 5.20. The summed E-state index contributed by atoms with van der Waals surface area (Å²) in [4.78, 5) is 22.5. The quantitative estimate of drug-likeness (QED) is 0.469. The normalized spacial score (nSPS) is 11.7. The molecule has 0 saturated heterocycles. The summed E-state index contributed by atoms with van der Waals surface area (Å²) < 4.78 is 4.59. The smallest absolute Gasteiger partial charge is 0.327 e. The van der Waals surface area contributed by atoms with Crippen LogP contribution in [0.1, 0.15) is 24.2 Å². The standard InChI is InChI=1S/C12H16N2O3/c1-7(12(16)17-3)14-9-4-5-11(13)10(6-9)8(2)15/h4-7,14H,13H2,1-3H3. The number of anilines is 2. The van der Waals surface area contributed by atoms with Gasteiger partial charge >= 0.3 is 5.97 Å². The van der Waals surface area contributed by atoms with E-state index in [2.05, 4.69) is 10.1 Å². The molecule has 0 radical (unpaired) electrons. The summed E-state index contributed by atoms with van der Waals surface area (Å²) >= 11 is 0. The molecule has 1 aromatic rings. The number of hydrogen-bond donors (Lipinski definition) is 2. The lowest BCUT2D eigenvalue weighted by Crippen LogP contribution is -2.27. The van der Waals surface area contributed by atoms with Crippen molar-refractivity contribution in [2.24, 2.45) is 0 Å². The number of hydrogen-bond acceptors (Lipinski definition) is 5. The van der Waals surface area contributed by atoms with Gasteiger partial charge in [-0.25, -0.2) is 4.79 Å². The van der Waals surface area contributed by atoms with E-state index in [1.54, 1.807) is 25.1 Å². The number of methoxy groups -OCH3 is 1. The van der Waals surface area contributed by atoms with E-state index >= 15 is 0 Å². The molecule has 0 saturated carbocycles. The number of ketones is 1. The Kier molecular flexibility index (Phi) is 4.09. The van der Waals surface area contributed by atoms with E-state index < -0.39 is 6.04 Å². The summed E-state index contributed by atoms with van der Waals surface area (Å²) in [6.45, 7) is 3.12. The van der Waals surface area contributed by atoms with Crippen LogP contribution in [0.15, 0.2) is 18.2 Å². The fraction of sp³-hybridized carbons (Fsp3) is 0.333. The second-order valence-corrected chi connectivity index (χ2v) is 3.75. The molecular formula is C12H16N2O3. The average Bonchev–Trinajstić information content (AvgIpc) is 2.30. The van der Waals surface area contributed by atoms with E-state index in [1.165, 1.54) is 14.0 Å². The van der Waals surface area contributed by atoms with Crippen molar-refractivity contribution in [2.75, 3.05) is 18.2 Å². The van der Waals surface area contributed by atoms with E-state index in [0.717, 1.165) is 0 Å². The molecule has 0 bridgehead atoms. The van der Waals surface area contributed by atoms with Crippen molar-refractivity contribution in [3.8, 4) is 0 Å². The van der Waals surface area contributed by atoms with Gasteiger partial charge in [-0.1, -0.05) is 0 Å². The Balaban J connectivity index is 2.90. The van der Waals surface area contributed by atoms with Crippen LogP contribution in [-0.2, 0) is 9.53 Å². The minimum Gasteiger partial charge on any atom is -0.467 e. The molecular weight excluding hydrogens is 220 g/mol. The van der Waals surface area contributed by atoms with E-state index in [4.69, 9.17) is 5.73 Å². The number of nitrogens with one attached hydrogen (secondary N) is 1. The molecule has 0 aliphatic carbocycles. The molecule has 0 aromatic heterocycles. The molecule has 5 heteroatoms. The molecule has 1 atom stereocenters. The summed E-state index contributed by atoms with van der Waals surface area (Å²) in [7, 11) is 1.32. The van der Waals surface area contributed by atoms with Crippen molar-refractivity contribution >= 4 is 23.1 Å². The molecule has 0 fully saturated rings. The van der Waals surface area contributed by atoms with Crippen LogP contribution < -0.4 is 11.1 Å². The predicted molar refractivity (Wildman–Crippen MR) is 66.0 cm³/mol. The summed E-state index contributed by atoms with van der Waals surface area (Å²) in [6.07, 6.45) is 0. The molecule has 17 heavy (non-hydrogen) atoms. The zero-order chi connectivity index (χ0) is 13.0. The van der Waals surface area contributed by atoms with Gasteiger partial charge in [-0.2, -0.15) is 0 Å². The van der Waals surface area contributed by atoms with Crippen molar-refractivity contribution in [3.05, 3.63) is 23.8 Å². The Hall–Kier alpha value is -2.04. The van der Waals surface area contributed by atoms with Gasteiger partial charge in [0.2, 0.25) is 0 Å². The number of rotatable bonds is 4. The highest BCUT2D eigenvalue weighted by Crippen LogP contribution is 2.19. The largest absolute Gasteiger partial charge is 0.467 e. The Labute approximate surface area is 99.9 Å². The van der Waals surface area contributed by atoms with Gasteiger partial charge in [-0.15, -0.1) is 0 Å². The fourth-order valence-electron chi connectivity index (χ4n) is 1.44. The third-order valence-electron chi connectivity index (χ3n) is 2.37. The molecule has 0 aliphatic heterocycles. The molecule has 3 N–H and O–H groups in total. The summed E-state index contributed by atoms with van der Waals surface area (Å²) in [6, 6.07) is 4.48. The van der Waals surface area contributed by atoms with Crippen LogP contribution in [0.25, 0.3) is 0 Å². The van der Waals surface area contributed by atoms with Gasteiger partial charge in [0, 0.05) is 16.9 Å². The van der Waals surface area contributed by atoms with E-state index in [0.29, 0.717) is 16.9 Å². The lowest BCUT2D eigenvalue weighted by Gasteiger charge is -2.14. The predicted octanol–water partition coefficient (Wildman–Crippen LogP) is 1.44. The number of Topliss-reactive ketones (excluding diaryl/α,β-unsaturated/α-hetero) is 1. The molecule has 5 nitrogen and oxygen atoms in total. The van der Waals surface area contributed by atoms with Crippen LogP contribution in [-0.4, -0.2) is 24.9 Å². The van der Waals surface area contributed by atoms with Crippen LogP contribution in [0.4, 0.5) is 11.4 Å². The maximum absolute atomic E-state index is 11.3. The maximum atomic E-state index is 11.3. The Morgan fingerprint density at radius 1 is 1.41 bits per heavy atom. The molecule has 1 aromatic carbocycles. The lowest BCUT2D eigenvalue weighted by atomic mass is 10.1. The van der Waals surface area contributed by atoms with Gasteiger partial charge in [-0.05, 0) is 32.0 Å². The molecule has 92 valence electrons. The molecule has 0 spiro atoms. The van der Waals surface area contributed by atoms with Crippen molar-refractivity contribution in [1.29, 1.82) is 0 Å². The number of nitrogen functional groups attached to an aromatic ring is 1. The highest BCUT2D eigenvalue weighted by Gasteiger charge is 2.13. The first-order chi connectivity index (χ1) is 7.95. The van der Waals surface area contributed by atoms with Crippen molar-refractivity contribution in [1.82, 2.24) is 0 Å². The number of esters is 1. The highest BCUT2D eigenvalue weighted by molar-refractivity contribution is 6.00. The highest BCUT2D eigenvalue weighted by atomic mass is 16.5. The molecule has 1 unspecified atom stereocenters. The van der Waals surface area contributed by atoms with Crippen molar-refractivity contribution in [3.63, 3.8) is 0 Å². The number of carbonyl (C=O) groups is 2. The maximum Gasteiger partial charge on any atom is 0.327 e. The van der Waals surface area contributed by atoms with E-state index in [1.807, 2.05) is 0 Å². The Morgan fingerprint density at radius 3 is 2.59 bits per heavy atom. The van der Waals surface area contributed by atoms with Crippen molar-refractivity contribution in [2.45, 2.75) is 19.9 Å². The molecule has 0 aliphatic rings. The molecule has 0 amide bonds. The van der Waals surface area contributed by atoms with Crippen LogP contribution >= 0.6 is 0 Å². The van der Waals surface area contributed by atoms with Gasteiger partial charge in [0.15, 0.2) is 5.78 Å². The SMILES string of the molecule is COC(=O)C(C)Nc1ccc(N)c(C(C)=O)c1. The average molecular weight is 236 g/mol. The van der Waals surface area contributed by atoms with E-state index in [-0.39, 0.29) is 11.8 Å². The minimum atomic E-state index is -0.483. The van der Waals surface area contributed by atoms with Gasteiger partial charge < -0.3 is 15.8 Å². The van der Waals surface area contributed by atoms with E-state index in [9.17, 15) is 9.59 Å². The third-order valence-corrected chi connectivity index (χ3v) is 2.37. The van der Waals surface area contributed by atoms with Crippen LogP contribution in [0.5, 0.6) is 0 Å².